The number of ether oxygens (including phenoxy) is 1. The van der Waals surface area contributed by atoms with Gasteiger partial charge in [0.15, 0.2) is 5.16 Å². The maximum Gasteiger partial charge on any atom is 0.490 e. The van der Waals surface area contributed by atoms with Gasteiger partial charge in [0.05, 0.1) is 35.2 Å². The highest BCUT2D eigenvalue weighted by Gasteiger charge is 2.38. The number of halogens is 4. The first-order valence-corrected chi connectivity index (χ1v) is 12.8. The van der Waals surface area contributed by atoms with Crippen LogP contribution in [-0.2, 0) is 9.53 Å². The zero-order chi connectivity index (χ0) is 29.3. The van der Waals surface area contributed by atoms with Gasteiger partial charge in [-0.1, -0.05) is 11.8 Å². The number of nitrogens with zero attached hydrogens (tertiary/aromatic N) is 3. The Labute approximate surface area is 231 Å². The van der Waals surface area contributed by atoms with E-state index in [1.54, 1.807) is 41.7 Å². The Morgan fingerprint density at radius 2 is 1.78 bits per heavy atom. The third-order valence-electron chi connectivity index (χ3n) is 6.13. The number of H-pyrrole nitrogens is 2. The molecule has 41 heavy (non-hydrogen) atoms. The second-order valence-corrected chi connectivity index (χ2v) is 9.83. The van der Waals surface area contributed by atoms with Gasteiger partial charge in [0.25, 0.3) is 11.5 Å². The smallest absolute Gasteiger partial charge is 0.475 e. The molecule has 0 saturated carbocycles. The molecule has 0 bridgehead atoms. The molecule has 1 amide bonds. The molecule has 0 radical (unpaired) electrons. The summed E-state index contributed by atoms with van der Waals surface area (Å²) >= 11 is 1.33. The van der Waals surface area contributed by atoms with Crippen LogP contribution in [0.25, 0.3) is 32.6 Å². The number of carbonyl (C=O) groups excluding carboxylic acids is 1. The minimum Gasteiger partial charge on any atom is -0.475 e. The summed E-state index contributed by atoms with van der Waals surface area (Å²) in [4.78, 5) is 51.8. The molecule has 0 atom stereocenters. The van der Waals surface area contributed by atoms with Crippen molar-refractivity contribution >= 4 is 56.2 Å². The average molecular weight is 590 g/mol. The Kier molecular flexibility index (Phi) is 7.64. The van der Waals surface area contributed by atoms with Crippen LogP contribution >= 0.6 is 11.8 Å². The molecule has 3 N–H and O–H groups in total. The minimum absolute atomic E-state index is 0.0823. The molecule has 0 spiro atoms. The summed E-state index contributed by atoms with van der Waals surface area (Å²) in [5.41, 5.74) is 1.53. The number of aromatic nitrogens is 4. The maximum atomic E-state index is 14.0. The standard InChI is InChI=1S/C24H18FN5O3S.C2HF3O2/c25-14-1-2-16-18(10-14)19-17(3-4-27-22(19)31)21-20(16)28-24(29-21)34-15-9-13(11-26-12-15)23(32)30-5-7-33-8-6-30;3-2(4,5)1(6)7/h1-4,9-12H,5-8H2,(H,27,31)(H,28,29);(H,6,7). The zero-order valence-corrected chi connectivity index (χ0v) is 21.6. The van der Waals surface area contributed by atoms with Crippen LogP contribution in [-0.4, -0.2) is 74.3 Å². The number of benzene rings is 2. The van der Waals surface area contributed by atoms with Crippen LogP contribution in [0.15, 0.2) is 63.8 Å². The van der Waals surface area contributed by atoms with Crippen molar-refractivity contribution < 1.29 is 37.0 Å². The second-order valence-electron chi connectivity index (χ2n) is 8.77. The fraction of sp³-hybridized carbons (Fsp3) is 0.192. The van der Waals surface area contributed by atoms with Crippen molar-refractivity contribution in [2.75, 3.05) is 26.3 Å². The van der Waals surface area contributed by atoms with E-state index in [0.29, 0.717) is 69.6 Å². The van der Waals surface area contributed by atoms with Crippen molar-refractivity contribution in [3.8, 4) is 0 Å². The number of hydrogen-bond acceptors (Lipinski definition) is 7. The highest BCUT2D eigenvalue weighted by Crippen LogP contribution is 2.35. The van der Waals surface area contributed by atoms with Crippen molar-refractivity contribution in [2.45, 2.75) is 16.2 Å². The maximum absolute atomic E-state index is 14.0. The Hall–Kier alpha value is -4.50. The molecule has 212 valence electrons. The number of carboxylic acids is 1. The van der Waals surface area contributed by atoms with Crippen molar-refractivity contribution in [1.82, 2.24) is 24.8 Å². The van der Waals surface area contributed by atoms with Crippen LogP contribution in [0.4, 0.5) is 17.6 Å². The van der Waals surface area contributed by atoms with Crippen molar-refractivity contribution in [1.29, 1.82) is 0 Å². The van der Waals surface area contributed by atoms with E-state index < -0.39 is 18.0 Å². The number of aliphatic carboxylic acids is 1. The molecule has 1 aliphatic rings. The lowest BCUT2D eigenvalue weighted by molar-refractivity contribution is -0.192. The van der Waals surface area contributed by atoms with E-state index >= 15 is 0 Å². The van der Waals surface area contributed by atoms with Gasteiger partial charge in [0, 0.05) is 52.7 Å². The molecule has 0 aliphatic carbocycles. The summed E-state index contributed by atoms with van der Waals surface area (Å²) in [6.45, 7) is 2.17. The highest BCUT2D eigenvalue weighted by atomic mass is 32.2. The van der Waals surface area contributed by atoms with E-state index in [1.807, 2.05) is 0 Å². The number of nitrogens with one attached hydrogen (secondary N) is 2. The van der Waals surface area contributed by atoms with Crippen LogP contribution in [0, 0.1) is 5.82 Å². The van der Waals surface area contributed by atoms with Gasteiger partial charge in [-0.2, -0.15) is 13.2 Å². The summed E-state index contributed by atoms with van der Waals surface area (Å²) in [7, 11) is 0. The van der Waals surface area contributed by atoms with Crippen molar-refractivity contribution in [2.24, 2.45) is 0 Å². The zero-order valence-electron chi connectivity index (χ0n) is 20.8. The van der Waals surface area contributed by atoms with E-state index in [0.717, 1.165) is 4.90 Å². The number of carbonyl (C=O) groups is 2. The SMILES string of the molecule is O=C(O)C(F)(F)F.O=C(c1cncc(Sc2nc3c4cc[nH]c(=O)c4c4cc(F)ccc4c3[nH]2)c1)N1CCOCC1. The van der Waals surface area contributed by atoms with E-state index in [4.69, 9.17) is 19.6 Å². The van der Waals surface area contributed by atoms with Gasteiger partial charge in [0.2, 0.25) is 0 Å². The van der Waals surface area contributed by atoms with Crippen LogP contribution in [0.2, 0.25) is 0 Å². The molecular formula is C26H19F4N5O5S. The van der Waals surface area contributed by atoms with Crippen LogP contribution in [0.1, 0.15) is 10.4 Å². The van der Waals surface area contributed by atoms with Gasteiger partial charge < -0.3 is 24.7 Å². The summed E-state index contributed by atoms with van der Waals surface area (Å²) in [5, 5.41) is 9.95. The molecule has 15 heteroatoms. The molecular weight excluding hydrogens is 570 g/mol. The number of alkyl halides is 3. The summed E-state index contributed by atoms with van der Waals surface area (Å²) in [6.07, 6.45) is -0.298. The van der Waals surface area contributed by atoms with E-state index in [-0.39, 0.29) is 11.5 Å². The highest BCUT2D eigenvalue weighted by molar-refractivity contribution is 7.99. The molecule has 0 unspecified atom stereocenters. The van der Waals surface area contributed by atoms with Crippen molar-refractivity contribution in [3.63, 3.8) is 0 Å². The molecule has 2 aromatic carbocycles. The lowest BCUT2D eigenvalue weighted by atomic mass is 10.0. The molecule has 1 saturated heterocycles. The van der Waals surface area contributed by atoms with Gasteiger partial charge in [-0.25, -0.2) is 14.2 Å². The van der Waals surface area contributed by atoms with Crippen molar-refractivity contribution in [3.05, 3.63) is 70.7 Å². The number of pyridine rings is 2. The Balaban J connectivity index is 0.000000431. The van der Waals surface area contributed by atoms with Gasteiger partial charge in [-0.05, 0) is 30.3 Å². The molecule has 1 aliphatic heterocycles. The number of imidazole rings is 1. The fourth-order valence-electron chi connectivity index (χ4n) is 4.33. The first-order valence-electron chi connectivity index (χ1n) is 12.0. The van der Waals surface area contributed by atoms with Gasteiger partial charge in [-0.3, -0.25) is 14.6 Å². The predicted octanol–water partition coefficient (Wildman–Crippen LogP) is 4.35. The molecule has 1 fully saturated rings. The van der Waals surface area contributed by atoms with Crippen LogP contribution in [0.3, 0.4) is 0 Å². The first kappa shape index (κ1) is 28.0. The number of amides is 1. The van der Waals surface area contributed by atoms with Gasteiger partial charge >= 0.3 is 12.1 Å². The van der Waals surface area contributed by atoms with E-state index in [2.05, 4.69) is 15.0 Å². The number of aromatic amines is 2. The topological polar surface area (TPSA) is 141 Å². The number of fused-ring (bicyclic) bond motifs is 6. The first-order chi connectivity index (χ1) is 19.5. The third-order valence-corrected chi connectivity index (χ3v) is 6.98. The second kappa shape index (κ2) is 11.2. The largest absolute Gasteiger partial charge is 0.490 e. The quantitative estimate of drug-likeness (QED) is 0.208. The monoisotopic (exact) mass is 589 g/mol. The lowest BCUT2D eigenvalue weighted by Crippen LogP contribution is -2.40. The van der Waals surface area contributed by atoms with E-state index in [1.165, 1.54) is 23.9 Å². The summed E-state index contributed by atoms with van der Waals surface area (Å²) < 4.78 is 51.1. The number of rotatable bonds is 3. The van der Waals surface area contributed by atoms with Crippen LogP contribution in [0.5, 0.6) is 0 Å². The van der Waals surface area contributed by atoms with Gasteiger partial charge in [-0.15, -0.1) is 0 Å². The van der Waals surface area contributed by atoms with E-state index in [9.17, 15) is 27.2 Å². The molecule has 4 heterocycles. The lowest BCUT2D eigenvalue weighted by Gasteiger charge is -2.26. The third kappa shape index (κ3) is 5.85. The predicted molar refractivity (Wildman–Crippen MR) is 140 cm³/mol. The molecule has 10 nitrogen and oxygen atoms in total. The molecule has 3 aromatic heterocycles. The van der Waals surface area contributed by atoms with Crippen LogP contribution < -0.4 is 5.56 Å². The normalized spacial score (nSPS) is 13.8. The number of morpholine rings is 1. The minimum atomic E-state index is -5.08. The van der Waals surface area contributed by atoms with Gasteiger partial charge in [0.1, 0.15) is 5.82 Å². The molecule has 6 rings (SSSR count). The Bertz CT molecular complexity index is 1850. The Morgan fingerprint density at radius 3 is 2.49 bits per heavy atom. The fourth-order valence-corrected chi connectivity index (χ4v) is 5.14. The molecule has 5 aromatic rings. The summed E-state index contributed by atoms with van der Waals surface area (Å²) in [6, 6.07) is 7.93. The number of hydrogen-bond donors (Lipinski definition) is 3. The number of carboxylic acid groups (broad SMARTS) is 1. The Morgan fingerprint density at radius 1 is 1.05 bits per heavy atom. The summed E-state index contributed by atoms with van der Waals surface area (Å²) in [5.74, 6) is -3.26. The average Bonchev–Trinajstić information content (AvgIpc) is 3.37.